The first kappa shape index (κ1) is 18.3. The van der Waals surface area contributed by atoms with Gasteiger partial charge in [-0.05, 0) is 49.4 Å². The zero-order valence-corrected chi connectivity index (χ0v) is 15.6. The summed E-state index contributed by atoms with van der Waals surface area (Å²) in [6.45, 7) is 2.40. The highest BCUT2D eigenvalue weighted by Gasteiger charge is 2.18. The monoisotopic (exact) mass is 373 g/mol. The zero-order chi connectivity index (χ0) is 18.7. The third-order valence-electron chi connectivity index (χ3n) is 4.06. The van der Waals surface area contributed by atoms with Gasteiger partial charge < -0.3 is 10.1 Å². The number of carbonyl (C=O) groups is 1. The maximum absolute atomic E-state index is 13.1. The van der Waals surface area contributed by atoms with Crippen LogP contribution < -0.4 is 5.32 Å². The zero-order valence-electron chi connectivity index (χ0n) is 14.8. The van der Waals surface area contributed by atoms with Crippen molar-refractivity contribution in [1.29, 1.82) is 0 Å². The van der Waals surface area contributed by atoms with Crippen LogP contribution in [0.15, 0.2) is 42.5 Å². The molecule has 5 nitrogen and oxygen atoms in total. The Balaban J connectivity index is 1.70. The average Bonchev–Trinajstić information content (AvgIpc) is 3.22. The van der Waals surface area contributed by atoms with Crippen molar-refractivity contribution in [3.8, 4) is 11.3 Å². The third-order valence-corrected chi connectivity index (χ3v) is 5.16. The van der Waals surface area contributed by atoms with E-state index in [1.165, 1.54) is 21.7 Å². The molecule has 0 saturated heterocycles. The molecule has 7 heteroatoms. The first-order chi connectivity index (χ1) is 12.5. The van der Waals surface area contributed by atoms with E-state index in [0.717, 1.165) is 10.4 Å². The van der Waals surface area contributed by atoms with Gasteiger partial charge in [0.2, 0.25) is 0 Å². The van der Waals surface area contributed by atoms with Crippen LogP contribution in [-0.2, 0) is 11.8 Å². The van der Waals surface area contributed by atoms with Crippen LogP contribution in [0.3, 0.4) is 0 Å². The molecule has 1 aromatic carbocycles. The SMILES string of the molecule is COC(CNC(=O)c1cc(-c2ccc(F)cc2)nn1C)c1ccc(C)s1. The second kappa shape index (κ2) is 7.80. The molecule has 1 amide bonds. The van der Waals surface area contributed by atoms with Crippen LogP contribution in [0.5, 0.6) is 0 Å². The van der Waals surface area contributed by atoms with Gasteiger partial charge in [-0.25, -0.2) is 4.39 Å². The van der Waals surface area contributed by atoms with Gasteiger partial charge in [0.25, 0.3) is 5.91 Å². The number of methoxy groups -OCH3 is 1. The second-order valence-corrected chi connectivity index (χ2v) is 7.25. The van der Waals surface area contributed by atoms with Crippen molar-refractivity contribution in [2.24, 2.45) is 7.05 Å². The maximum Gasteiger partial charge on any atom is 0.269 e. The highest BCUT2D eigenvalue weighted by atomic mass is 32.1. The molecule has 1 atom stereocenters. The summed E-state index contributed by atoms with van der Waals surface area (Å²) in [5.74, 6) is -0.541. The normalized spacial score (nSPS) is 12.2. The van der Waals surface area contributed by atoms with E-state index in [1.807, 2.05) is 19.1 Å². The van der Waals surface area contributed by atoms with E-state index in [9.17, 15) is 9.18 Å². The number of carbonyl (C=O) groups excluding carboxylic acids is 1. The number of aryl methyl sites for hydroxylation is 2. The predicted octanol–water partition coefficient (Wildman–Crippen LogP) is 3.71. The van der Waals surface area contributed by atoms with Gasteiger partial charge in [0.05, 0.1) is 5.69 Å². The van der Waals surface area contributed by atoms with Gasteiger partial charge in [-0.2, -0.15) is 5.10 Å². The van der Waals surface area contributed by atoms with Crippen LogP contribution in [0.2, 0.25) is 0 Å². The van der Waals surface area contributed by atoms with E-state index in [0.29, 0.717) is 17.9 Å². The number of rotatable bonds is 6. The second-order valence-electron chi connectivity index (χ2n) is 5.93. The van der Waals surface area contributed by atoms with Crippen LogP contribution in [-0.4, -0.2) is 29.3 Å². The van der Waals surface area contributed by atoms with E-state index in [2.05, 4.69) is 10.4 Å². The minimum Gasteiger partial charge on any atom is -0.374 e. The molecule has 1 unspecified atom stereocenters. The molecule has 0 aliphatic heterocycles. The molecular weight excluding hydrogens is 353 g/mol. The maximum atomic E-state index is 13.1. The average molecular weight is 373 g/mol. The summed E-state index contributed by atoms with van der Waals surface area (Å²) in [7, 11) is 3.33. The molecule has 136 valence electrons. The van der Waals surface area contributed by atoms with Gasteiger partial charge >= 0.3 is 0 Å². The molecule has 0 aliphatic rings. The van der Waals surface area contributed by atoms with E-state index in [4.69, 9.17) is 4.74 Å². The minimum atomic E-state index is -0.308. The molecule has 0 saturated carbocycles. The fourth-order valence-electron chi connectivity index (χ4n) is 2.64. The van der Waals surface area contributed by atoms with Crippen LogP contribution in [0.25, 0.3) is 11.3 Å². The minimum absolute atomic E-state index is 0.192. The number of ether oxygens (including phenoxy) is 1. The van der Waals surface area contributed by atoms with Crippen molar-refractivity contribution in [2.45, 2.75) is 13.0 Å². The molecule has 0 bridgehead atoms. The third kappa shape index (κ3) is 4.00. The van der Waals surface area contributed by atoms with Crippen molar-refractivity contribution in [3.63, 3.8) is 0 Å². The Kier molecular flexibility index (Phi) is 5.49. The first-order valence-corrected chi connectivity index (χ1v) is 8.97. The lowest BCUT2D eigenvalue weighted by Gasteiger charge is -2.14. The van der Waals surface area contributed by atoms with Crippen molar-refractivity contribution < 1.29 is 13.9 Å². The highest BCUT2D eigenvalue weighted by molar-refractivity contribution is 7.12. The van der Waals surface area contributed by atoms with Gasteiger partial charge in [0.15, 0.2) is 0 Å². The summed E-state index contributed by atoms with van der Waals surface area (Å²) < 4.78 is 20.1. The summed E-state index contributed by atoms with van der Waals surface area (Å²) >= 11 is 1.65. The summed E-state index contributed by atoms with van der Waals surface area (Å²) in [5.41, 5.74) is 1.81. The Morgan fingerprint density at radius 3 is 2.65 bits per heavy atom. The summed E-state index contributed by atoms with van der Waals surface area (Å²) in [4.78, 5) is 14.8. The van der Waals surface area contributed by atoms with Crippen LogP contribution in [0.4, 0.5) is 4.39 Å². The van der Waals surface area contributed by atoms with Crippen LogP contribution in [0.1, 0.15) is 26.3 Å². The predicted molar refractivity (Wildman–Crippen MR) is 99.7 cm³/mol. The van der Waals surface area contributed by atoms with Gasteiger partial charge in [-0.3, -0.25) is 9.48 Å². The topological polar surface area (TPSA) is 56.1 Å². The number of nitrogens with one attached hydrogen (secondary N) is 1. The quantitative estimate of drug-likeness (QED) is 0.717. The van der Waals surface area contributed by atoms with E-state index in [1.54, 1.807) is 43.7 Å². The van der Waals surface area contributed by atoms with Crippen molar-refractivity contribution >= 4 is 17.2 Å². The number of amides is 1. The molecule has 26 heavy (non-hydrogen) atoms. The van der Waals surface area contributed by atoms with Crippen molar-refractivity contribution in [3.05, 3.63) is 63.7 Å². The lowest BCUT2D eigenvalue weighted by molar-refractivity contribution is 0.0830. The van der Waals surface area contributed by atoms with Gasteiger partial charge in [-0.15, -0.1) is 11.3 Å². The summed E-state index contributed by atoms with van der Waals surface area (Å²) in [5, 5.41) is 7.24. The molecule has 0 spiro atoms. The molecule has 0 fully saturated rings. The molecule has 0 radical (unpaired) electrons. The largest absolute Gasteiger partial charge is 0.374 e. The first-order valence-electron chi connectivity index (χ1n) is 8.15. The molecular formula is C19H20FN3O2S. The lowest BCUT2D eigenvalue weighted by atomic mass is 10.1. The Labute approximate surface area is 155 Å². The van der Waals surface area contributed by atoms with Crippen LogP contribution in [0, 0.1) is 12.7 Å². The smallest absolute Gasteiger partial charge is 0.269 e. The van der Waals surface area contributed by atoms with E-state index >= 15 is 0 Å². The summed E-state index contributed by atoms with van der Waals surface area (Å²) in [6, 6.07) is 11.8. The molecule has 2 aromatic heterocycles. The standard InChI is InChI=1S/C19H20FN3O2S/c1-12-4-9-18(26-12)17(25-3)11-21-19(24)16-10-15(22-23(16)2)13-5-7-14(20)8-6-13/h4-10,17H,11H2,1-3H3,(H,21,24). The fraction of sp³-hybridized carbons (Fsp3) is 0.263. The Morgan fingerprint density at radius 2 is 2.04 bits per heavy atom. The Bertz CT molecular complexity index is 902. The molecule has 2 heterocycles. The fourth-order valence-corrected chi connectivity index (χ4v) is 3.60. The van der Waals surface area contributed by atoms with Gasteiger partial charge in [0.1, 0.15) is 17.6 Å². The number of hydrogen-bond acceptors (Lipinski definition) is 4. The molecule has 3 rings (SSSR count). The van der Waals surface area contributed by atoms with Crippen molar-refractivity contribution in [2.75, 3.05) is 13.7 Å². The molecule has 3 aromatic rings. The molecule has 1 N–H and O–H groups in total. The number of benzene rings is 1. The van der Waals surface area contributed by atoms with E-state index in [-0.39, 0.29) is 17.8 Å². The Morgan fingerprint density at radius 1 is 1.31 bits per heavy atom. The number of nitrogens with zero attached hydrogens (tertiary/aromatic N) is 2. The lowest BCUT2D eigenvalue weighted by Crippen LogP contribution is -2.30. The number of hydrogen-bond donors (Lipinski definition) is 1. The Hall–Kier alpha value is -2.51. The van der Waals surface area contributed by atoms with Gasteiger partial charge in [0, 0.05) is 36.0 Å². The van der Waals surface area contributed by atoms with E-state index < -0.39 is 0 Å². The van der Waals surface area contributed by atoms with Crippen molar-refractivity contribution in [1.82, 2.24) is 15.1 Å². The number of halogens is 1. The number of thiophene rings is 1. The van der Waals surface area contributed by atoms with Crippen LogP contribution >= 0.6 is 11.3 Å². The number of aromatic nitrogens is 2. The summed E-state index contributed by atoms with van der Waals surface area (Å²) in [6.07, 6.45) is -0.192. The van der Waals surface area contributed by atoms with Gasteiger partial charge in [-0.1, -0.05) is 0 Å². The highest BCUT2D eigenvalue weighted by Crippen LogP contribution is 2.25. The molecule has 0 aliphatic carbocycles.